The molecule has 0 N–H and O–H groups in total. The lowest BCUT2D eigenvalue weighted by Gasteiger charge is -2.34. The van der Waals surface area contributed by atoms with Gasteiger partial charge in [-0.15, -0.1) is 0 Å². The Labute approximate surface area is 223 Å². The molecule has 5 nitrogen and oxygen atoms in total. The Morgan fingerprint density at radius 2 is 0.973 bits per heavy atom. The van der Waals surface area contributed by atoms with Crippen LogP contribution in [-0.4, -0.2) is 16.8 Å². The summed E-state index contributed by atoms with van der Waals surface area (Å²) in [6.45, 7) is 0. The standard InChI is InChI=1S/C30H40NO4S2/c32-36(33,27-19-11-4-12-20-27)31-37(34,35)30-28(24-15-7-2-8-16-24)21-26(23-13-5-1-6-14-23)22-29(30)25-17-9-3-10-18-25/h4,11-12,19-25H,1-3,5-10,13-18H2/q-1. The zero-order chi connectivity index (χ0) is 25.9. The lowest BCUT2D eigenvalue weighted by Crippen LogP contribution is -2.19. The van der Waals surface area contributed by atoms with Crippen LogP contribution in [0.4, 0.5) is 0 Å². The molecular formula is C30H40NO4S2-. The van der Waals surface area contributed by atoms with Crippen LogP contribution in [0.3, 0.4) is 0 Å². The van der Waals surface area contributed by atoms with Crippen molar-refractivity contribution in [2.75, 3.05) is 0 Å². The predicted molar refractivity (Wildman–Crippen MR) is 148 cm³/mol. The maximum atomic E-state index is 14.1. The molecular weight excluding hydrogens is 502 g/mol. The molecule has 0 atom stereocenters. The van der Waals surface area contributed by atoms with Crippen molar-refractivity contribution in [2.24, 2.45) is 0 Å². The van der Waals surface area contributed by atoms with Gasteiger partial charge in [0.15, 0.2) is 0 Å². The molecule has 0 aromatic heterocycles. The fraction of sp³-hybridized carbons (Fsp3) is 0.600. The summed E-state index contributed by atoms with van der Waals surface area (Å²) < 4.78 is 58.2. The van der Waals surface area contributed by atoms with Crippen LogP contribution in [-0.2, 0) is 20.0 Å². The molecule has 0 radical (unpaired) electrons. The average Bonchev–Trinajstić information content (AvgIpc) is 2.94. The lowest BCUT2D eigenvalue weighted by atomic mass is 9.76. The van der Waals surface area contributed by atoms with E-state index in [9.17, 15) is 16.8 Å². The van der Waals surface area contributed by atoms with Crippen molar-refractivity contribution in [3.63, 3.8) is 0 Å². The fourth-order valence-corrected chi connectivity index (χ4v) is 10.1. The van der Waals surface area contributed by atoms with Gasteiger partial charge in [0.1, 0.15) is 20.0 Å². The highest BCUT2D eigenvalue weighted by Crippen LogP contribution is 2.47. The van der Waals surface area contributed by atoms with Crippen LogP contribution < -0.4 is 0 Å². The van der Waals surface area contributed by atoms with Gasteiger partial charge < -0.3 is 4.13 Å². The molecule has 2 aromatic rings. The van der Waals surface area contributed by atoms with E-state index in [0.29, 0.717) is 5.92 Å². The van der Waals surface area contributed by atoms with Crippen molar-refractivity contribution >= 4 is 20.0 Å². The zero-order valence-corrected chi connectivity index (χ0v) is 23.4. The lowest BCUT2D eigenvalue weighted by molar-refractivity contribution is 0.419. The molecule has 0 aliphatic heterocycles. The van der Waals surface area contributed by atoms with E-state index < -0.39 is 20.0 Å². The normalized spacial score (nSPS) is 21.2. The van der Waals surface area contributed by atoms with E-state index in [2.05, 4.69) is 16.3 Å². The molecule has 0 amide bonds. The smallest absolute Gasteiger partial charge is 0.113 e. The Bertz CT molecular complexity index is 1230. The molecule has 3 fully saturated rings. The van der Waals surface area contributed by atoms with Gasteiger partial charge in [0.05, 0.1) is 4.90 Å². The summed E-state index contributed by atoms with van der Waals surface area (Å²) in [6.07, 6.45) is 16.4. The first-order valence-corrected chi connectivity index (χ1v) is 17.2. The summed E-state index contributed by atoms with van der Waals surface area (Å²) in [6, 6.07) is 12.0. The molecule has 5 rings (SSSR count). The molecule has 0 spiro atoms. The van der Waals surface area contributed by atoms with Crippen molar-refractivity contribution in [2.45, 2.75) is 124 Å². The van der Waals surface area contributed by atoms with Gasteiger partial charge in [-0.25, -0.2) is 16.8 Å². The van der Waals surface area contributed by atoms with Crippen molar-refractivity contribution < 1.29 is 16.8 Å². The van der Waals surface area contributed by atoms with Crippen molar-refractivity contribution in [3.8, 4) is 0 Å². The Balaban J connectivity index is 1.66. The molecule has 0 saturated heterocycles. The Morgan fingerprint density at radius 1 is 0.541 bits per heavy atom. The van der Waals surface area contributed by atoms with Gasteiger partial charge in [-0.2, -0.15) is 0 Å². The van der Waals surface area contributed by atoms with Crippen LogP contribution in [0.15, 0.2) is 52.3 Å². The first kappa shape index (κ1) is 26.9. The summed E-state index contributed by atoms with van der Waals surface area (Å²) in [5.41, 5.74) is 2.96. The van der Waals surface area contributed by atoms with Gasteiger partial charge in [-0.05, 0) is 85.1 Å². The van der Waals surface area contributed by atoms with E-state index in [-0.39, 0.29) is 21.6 Å². The summed E-state index contributed by atoms with van der Waals surface area (Å²) in [5.74, 6) is 0.734. The van der Waals surface area contributed by atoms with Gasteiger partial charge in [0, 0.05) is 4.90 Å². The number of hydrogen-bond donors (Lipinski definition) is 0. The summed E-state index contributed by atoms with van der Waals surface area (Å²) in [4.78, 5) is 0.126. The van der Waals surface area contributed by atoms with Crippen molar-refractivity contribution in [1.29, 1.82) is 0 Å². The second kappa shape index (κ2) is 11.6. The van der Waals surface area contributed by atoms with Crippen LogP contribution in [0, 0.1) is 0 Å². The zero-order valence-electron chi connectivity index (χ0n) is 21.8. The van der Waals surface area contributed by atoms with E-state index in [1.807, 2.05) is 0 Å². The SMILES string of the molecule is O=S(=O)([N-]S(=O)(=O)c1c(C2CCCCC2)cc(C2CCCCC2)cc1C1CCCCC1)c1ccccc1. The summed E-state index contributed by atoms with van der Waals surface area (Å²) in [5, 5.41) is 0. The number of rotatable bonds is 7. The average molecular weight is 543 g/mol. The minimum Gasteiger partial charge on any atom is -0.428 e. The Hall–Kier alpha value is -1.70. The first-order valence-electron chi connectivity index (χ1n) is 14.3. The van der Waals surface area contributed by atoms with Gasteiger partial charge in [0.25, 0.3) is 0 Å². The van der Waals surface area contributed by atoms with Gasteiger partial charge in [0.2, 0.25) is 0 Å². The third-order valence-electron chi connectivity index (χ3n) is 8.83. The molecule has 3 saturated carbocycles. The van der Waals surface area contributed by atoms with Crippen LogP contribution in [0.2, 0.25) is 0 Å². The Kier molecular flexibility index (Phi) is 8.42. The molecule has 202 valence electrons. The molecule has 2 aromatic carbocycles. The number of hydrogen-bond acceptors (Lipinski definition) is 4. The van der Waals surface area contributed by atoms with Gasteiger partial charge in [-0.1, -0.05) is 88.1 Å². The molecule has 0 heterocycles. The third-order valence-corrected chi connectivity index (χ3v) is 12.3. The molecule has 7 heteroatoms. The highest BCUT2D eigenvalue weighted by molar-refractivity contribution is 8.12. The first-order chi connectivity index (χ1) is 17.9. The summed E-state index contributed by atoms with van der Waals surface area (Å²) in [7, 11) is -8.79. The quantitative estimate of drug-likeness (QED) is 0.352. The minimum atomic E-state index is -4.44. The minimum absolute atomic E-state index is 0.0872. The third kappa shape index (κ3) is 6.15. The van der Waals surface area contributed by atoms with Crippen molar-refractivity contribution in [3.05, 3.63) is 63.3 Å². The Morgan fingerprint density at radius 3 is 1.43 bits per heavy atom. The second-order valence-electron chi connectivity index (χ2n) is 11.4. The monoisotopic (exact) mass is 542 g/mol. The van der Waals surface area contributed by atoms with Crippen LogP contribution >= 0.6 is 0 Å². The van der Waals surface area contributed by atoms with Gasteiger partial charge >= 0.3 is 0 Å². The van der Waals surface area contributed by atoms with Crippen LogP contribution in [0.25, 0.3) is 4.13 Å². The molecule has 37 heavy (non-hydrogen) atoms. The number of sulfonamides is 2. The summed E-state index contributed by atoms with van der Waals surface area (Å²) >= 11 is 0. The molecule has 0 unspecified atom stereocenters. The number of nitrogens with zero attached hydrogens (tertiary/aromatic N) is 1. The second-order valence-corrected chi connectivity index (χ2v) is 14.7. The topological polar surface area (TPSA) is 82.4 Å². The molecule has 3 aliphatic carbocycles. The predicted octanol–water partition coefficient (Wildman–Crippen LogP) is 8.28. The largest absolute Gasteiger partial charge is 0.428 e. The maximum absolute atomic E-state index is 14.1. The molecule has 0 bridgehead atoms. The highest BCUT2D eigenvalue weighted by atomic mass is 32.3. The van der Waals surface area contributed by atoms with E-state index in [4.69, 9.17) is 0 Å². The fourth-order valence-electron chi connectivity index (χ4n) is 6.90. The van der Waals surface area contributed by atoms with Gasteiger partial charge in [-0.3, -0.25) is 0 Å². The van der Waals surface area contributed by atoms with Crippen molar-refractivity contribution in [1.82, 2.24) is 0 Å². The molecule has 3 aliphatic rings. The van der Waals surface area contributed by atoms with E-state index in [0.717, 1.165) is 75.3 Å². The van der Waals surface area contributed by atoms with E-state index in [1.165, 1.54) is 49.8 Å². The maximum Gasteiger partial charge on any atom is 0.113 e. The van der Waals surface area contributed by atoms with Crippen LogP contribution in [0.5, 0.6) is 0 Å². The number of benzene rings is 2. The van der Waals surface area contributed by atoms with Crippen LogP contribution in [0.1, 0.15) is 131 Å². The highest BCUT2D eigenvalue weighted by Gasteiger charge is 2.31. The van der Waals surface area contributed by atoms with E-state index >= 15 is 0 Å². The van der Waals surface area contributed by atoms with E-state index in [1.54, 1.807) is 18.2 Å².